The van der Waals surface area contributed by atoms with E-state index in [1.54, 1.807) is 14.2 Å². The lowest BCUT2D eigenvalue weighted by Crippen LogP contribution is -2.50. The van der Waals surface area contributed by atoms with Gasteiger partial charge in [-0.05, 0) is 58.7 Å². The first-order chi connectivity index (χ1) is 21.7. The van der Waals surface area contributed by atoms with Crippen molar-refractivity contribution in [1.29, 1.82) is 0 Å². The smallest absolute Gasteiger partial charge is 0.119 e. The van der Waals surface area contributed by atoms with Gasteiger partial charge in [0.1, 0.15) is 17.2 Å². The summed E-state index contributed by atoms with van der Waals surface area (Å²) < 4.78 is 35.5. The minimum absolute atomic E-state index is 0.0492. The maximum atomic E-state index is 6.54. The maximum absolute atomic E-state index is 6.54. The summed E-state index contributed by atoms with van der Waals surface area (Å²) in [5.74, 6) is 2.56. The van der Waals surface area contributed by atoms with E-state index in [-0.39, 0.29) is 18.1 Å². The molecule has 0 radical (unpaired) electrons. The van der Waals surface area contributed by atoms with Crippen LogP contribution in [0.2, 0.25) is 0 Å². The van der Waals surface area contributed by atoms with Gasteiger partial charge in [-0.3, -0.25) is 0 Å². The third kappa shape index (κ3) is 9.31. The molecule has 1 saturated heterocycles. The summed E-state index contributed by atoms with van der Waals surface area (Å²) in [5.41, 5.74) is 4.55. The predicted molar refractivity (Wildman–Crippen MR) is 171 cm³/mol. The normalized spacial score (nSPS) is 18.1. The predicted octanol–water partition coefficient (Wildman–Crippen LogP) is 6.55. The zero-order valence-electron chi connectivity index (χ0n) is 25.7. The van der Waals surface area contributed by atoms with Crippen LogP contribution in [0.3, 0.4) is 0 Å². The molecule has 1 fully saturated rings. The van der Waals surface area contributed by atoms with Crippen LogP contribution in [0.5, 0.6) is 17.2 Å². The van der Waals surface area contributed by atoms with E-state index in [2.05, 4.69) is 29.6 Å². The van der Waals surface area contributed by atoms with Gasteiger partial charge in [0, 0.05) is 25.4 Å². The highest BCUT2D eigenvalue weighted by atomic mass is 16.5. The van der Waals surface area contributed by atoms with Crippen molar-refractivity contribution < 1.29 is 28.4 Å². The highest BCUT2D eigenvalue weighted by Gasteiger charge is 2.36. The first kappa shape index (κ1) is 31.5. The topological polar surface area (TPSA) is 67.4 Å². The van der Waals surface area contributed by atoms with Crippen LogP contribution in [0, 0.1) is 0 Å². The molecule has 7 nitrogen and oxygen atoms in total. The van der Waals surface area contributed by atoms with Gasteiger partial charge in [-0.1, -0.05) is 66.7 Å². The molecule has 0 aromatic heterocycles. The Kier molecular flexibility index (Phi) is 12.1. The van der Waals surface area contributed by atoms with Gasteiger partial charge in [0.05, 0.1) is 59.5 Å². The second-order valence-electron chi connectivity index (χ2n) is 10.9. The molecule has 232 valence electrons. The molecule has 0 amide bonds. The minimum atomic E-state index is -0.0692. The van der Waals surface area contributed by atoms with Crippen LogP contribution in [0.25, 0.3) is 0 Å². The van der Waals surface area contributed by atoms with Crippen molar-refractivity contribution in [2.75, 3.05) is 40.5 Å². The van der Waals surface area contributed by atoms with Crippen LogP contribution in [-0.2, 0) is 34.0 Å². The molecule has 0 saturated carbocycles. The van der Waals surface area contributed by atoms with Crippen LogP contribution in [-0.4, -0.2) is 52.7 Å². The fourth-order valence-electron chi connectivity index (χ4n) is 5.37. The minimum Gasteiger partial charge on any atom is -0.497 e. The van der Waals surface area contributed by atoms with Crippen molar-refractivity contribution in [1.82, 2.24) is 5.32 Å². The molecule has 44 heavy (non-hydrogen) atoms. The summed E-state index contributed by atoms with van der Waals surface area (Å²) in [4.78, 5) is 0. The van der Waals surface area contributed by atoms with Crippen LogP contribution in [0.15, 0.2) is 103 Å². The third-order valence-corrected chi connectivity index (χ3v) is 7.82. The molecule has 1 aliphatic heterocycles. The van der Waals surface area contributed by atoms with Crippen molar-refractivity contribution in [3.63, 3.8) is 0 Å². The average Bonchev–Trinajstić information content (AvgIpc) is 3.09. The molecule has 0 aliphatic carbocycles. The number of piperidine rings is 1. The Morgan fingerprint density at radius 2 is 1.09 bits per heavy atom. The van der Waals surface area contributed by atoms with Gasteiger partial charge in [-0.15, -0.1) is 0 Å². The third-order valence-electron chi connectivity index (χ3n) is 7.82. The van der Waals surface area contributed by atoms with Crippen LogP contribution < -0.4 is 19.5 Å². The molecule has 1 aliphatic rings. The lowest BCUT2D eigenvalue weighted by molar-refractivity contribution is -0.0650. The first-order valence-corrected chi connectivity index (χ1v) is 15.3. The van der Waals surface area contributed by atoms with E-state index in [1.807, 2.05) is 78.9 Å². The highest BCUT2D eigenvalue weighted by molar-refractivity contribution is 5.32. The summed E-state index contributed by atoms with van der Waals surface area (Å²) in [7, 11) is 3.35. The zero-order valence-corrected chi connectivity index (χ0v) is 25.7. The van der Waals surface area contributed by atoms with Crippen LogP contribution >= 0.6 is 0 Å². The van der Waals surface area contributed by atoms with E-state index < -0.39 is 0 Å². The molecule has 4 aromatic carbocycles. The Morgan fingerprint density at radius 3 is 1.64 bits per heavy atom. The fraction of sp³-hybridized carbons (Fsp3) is 0.351. The zero-order chi connectivity index (χ0) is 30.4. The molecule has 0 bridgehead atoms. The Labute approximate surface area is 261 Å². The lowest BCUT2D eigenvalue weighted by atomic mass is 9.85. The summed E-state index contributed by atoms with van der Waals surface area (Å²) in [5, 5.41) is 3.53. The molecule has 4 aromatic rings. The summed E-state index contributed by atoms with van der Waals surface area (Å²) >= 11 is 0. The Bertz CT molecular complexity index is 1300. The van der Waals surface area contributed by atoms with E-state index in [0.29, 0.717) is 33.0 Å². The number of hydrogen-bond acceptors (Lipinski definition) is 7. The number of nitrogens with one attached hydrogen (secondary N) is 1. The van der Waals surface area contributed by atoms with Gasteiger partial charge < -0.3 is 33.7 Å². The number of rotatable bonds is 16. The fourth-order valence-corrected chi connectivity index (χ4v) is 5.37. The highest BCUT2D eigenvalue weighted by Crippen LogP contribution is 2.32. The lowest BCUT2D eigenvalue weighted by Gasteiger charge is -2.39. The van der Waals surface area contributed by atoms with Gasteiger partial charge in [0.25, 0.3) is 0 Å². The van der Waals surface area contributed by atoms with Gasteiger partial charge in [-0.25, -0.2) is 0 Å². The van der Waals surface area contributed by atoms with E-state index in [4.69, 9.17) is 28.4 Å². The monoisotopic (exact) mass is 597 g/mol. The van der Waals surface area contributed by atoms with Gasteiger partial charge in [0.2, 0.25) is 0 Å². The Hall–Kier alpha value is -3.88. The Balaban J connectivity index is 1.20. The summed E-state index contributed by atoms with van der Waals surface area (Å²) in [6.45, 7) is 4.37. The van der Waals surface area contributed by atoms with E-state index >= 15 is 0 Å². The number of hydrogen-bond donors (Lipinski definition) is 1. The molecular formula is C37H43NO6. The van der Waals surface area contributed by atoms with Crippen molar-refractivity contribution in [3.05, 3.63) is 125 Å². The number of benzene rings is 4. The molecule has 5 rings (SSSR count). The summed E-state index contributed by atoms with van der Waals surface area (Å²) in [6, 6.07) is 34.6. The van der Waals surface area contributed by atoms with Crippen molar-refractivity contribution in [2.24, 2.45) is 0 Å². The average molecular weight is 598 g/mol. The number of methoxy groups -OCH3 is 2. The van der Waals surface area contributed by atoms with Crippen molar-refractivity contribution >= 4 is 0 Å². The first-order valence-electron chi connectivity index (χ1n) is 15.3. The second-order valence-corrected chi connectivity index (χ2v) is 10.9. The molecule has 1 heterocycles. The van der Waals surface area contributed by atoms with Crippen molar-refractivity contribution in [2.45, 2.75) is 44.4 Å². The molecular weight excluding hydrogens is 554 g/mol. The molecule has 2 unspecified atom stereocenters. The Morgan fingerprint density at radius 1 is 0.568 bits per heavy atom. The quantitative estimate of drug-likeness (QED) is 0.147. The maximum Gasteiger partial charge on any atom is 0.119 e. The largest absolute Gasteiger partial charge is 0.497 e. The molecule has 0 spiro atoms. The van der Waals surface area contributed by atoms with E-state index in [0.717, 1.165) is 47.9 Å². The standard InChI is InChI=1S/C37H43NO6/c1-39-32-15-9-29(10-16-32)26-43-35-23-38-24-36(44-27-30-11-17-33(40-2)18-12-30)37(35)31-13-19-34(20-14-31)42-22-6-21-41-25-28-7-4-3-5-8-28/h3-5,7-20,35-38H,6,21-27H2,1-2H3. The van der Waals surface area contributed by atoms with Crippen LogP contribution in [0.4, 0.5) is 0 Å². The number of ether oxygens (including phenoxy) is 6. The van der Waals surface area contributed by atoms with Gasteiger partial charge in [-0.2, -0.15) is 0 Å². The SMILES string of the molecule is COc1ccc(COC2CNCC(OCc3ccc(OC)cc3)C2c2ccc(OCCCOCc3ccccc3)cc2)cc1. The van der Waals surface area contributed by atoms with Gasteiger partial charge >= 0.3 is 0 Å². The molecule has 2 atom stereocenters. The summed E-state index contributed by atoms with van der Waals surface area (Å²) in [6.07, 6.45) is 0.686. The molecule has 7 heteroatoms. The van der Waals surface area contributed by atoms with Gasteiger partial charge in [0.15, 0.2) is 0 Å². The van der Waals surface area contributed by atoms with Crippen molar-refractivity contribution in [3.8, 4) is 17.2 Å². The van der Waals surface area contributed by atoms with E-state index in [1.165, 1.54) is 11.1 Å². The van der Waals surface area contributed by atoms with E-state index in [9.17, 15) is 0 Å². The second kappa shape index (κ2) is 16.8. The molecule has 1 N–H and O–H groups in total. The van der Waals surface area contributed by atoms with Crippen LogP contribution in [0.1, 0.15) is 34.6 Å².